The van der Waals surface area contributed by atoms with Crippen molar-refractivity contribution in [3.8, 4) is 0 Å². The van der Waals surface area contributed by atoms with Gasteiger partial charge >= 0.3 is 16.4 Å². The largest absolute Gasteiger partial charge is 0.418 e. The van der Waals surface area contributed by atoms with Crippen LogP contribution < -0.4 is 5.32 Å². The fraction of sp³-hybridized carbons (Fsp3) is 0.769. The second kappa shape index (κ2) is 6.86. The molecule has 0 aliphatic carbocycles. The Morgan fingerprint density at radius 3 is 2.64 bits per heavy atom. The third-order valence-corrected chi connectivity index (χ3v) is 5.02. The molecule has 25 heavy (non-hydrogen) atoms. The summed E-state index contributed by atoms with van der Waals surface area (Å²) < 4.78 is 34.8. The highest BCUT2D eigenvalue weighted by Gasteiger charge is 2.48. The van der Waals surface area contributed by atoms with Gasteiger partial charge in [-0.25, -0.2) is 4.79 Å². The minimum Gasteiger partial charge on any atom is -0.312 e. The number of nitrogens with zero attached hydrogens (tertiary/aromatic N) is 3. The number of piperidine rings is 1. The van der Waals surface area contributed by atoms with Crippen molar-refractivity contribution in [2.45, 2.75) is 37.8 Å². The molecule has 0 aromatic carbocycles. The molecule has 0 unspecified atom stereocenters. The summed E-state index contributed by atoms with van der Waals surface area (Å²) in [5, 5.41) is 11.2. The Bertz CT molecular complexity index is 676. The van der Waals surface area contributed by atoms with Gasteiger partial charge < -0.3 is 10.2 Å². The van der Waals surface area contributed by atoms with E-state index in [1.165, 1.54) is 4.90 Å². The van der Waals surface area contributed by atoms with E-state index in [1.807, 2.05) is 4.90 Å². The molecule has 0 aromatic rings. The number of amidine groups is 1. The third kappa shape index (κ3) is 4.08. The van der Waals surface area contributed by atoms with Gasteiger partial charge in [-0.05, 0) is 38.8 Å². The first-order valence-corrected chi connectivity index (χ1v) is 9.48. The number of carbonyl (C=O) groups excluding carboxylic acids is 2. The smallest absolute Gasteiger partial charge is 0.312 e. The first-order chi connectivity index (χ1) is 11.7. The van der Waals surface area contributed by atoms with Crippen LogP contribution in [0.2, 0.25) is 0 Å². The third-order valence-electron chi connectivity index (χ3n) is 4.67. The number of rotatable bonds is 5. The van der Waals surface area contributed by atoms with Gasteiger partial charge in [0.2, 0.25) is 5.91 Å². The first-order valence-electron chi connectivity index (χ1n) is 8.12. The molecule has 3 fully saturated rings. The predicted molar refractivity (Wildman–Crippen MR) is 84.9 cm³/mol. The summed E-state index contributed by atoms with van der Waals surface area (Å²) in [4.78, 5) is 27.6. The fourth-order valence-electron chi connectivity index (χ4n) is 3.55. The monoisotopic (exact) mass is 375 g/mol. The number of amides is 3. The van der Waals surface area contributed by atoms with Crippen molar-refractivity contribution in [2.24, 2.45) is 0 Å². The molecule has 0 spiro atoms. The molecule has 3 aliphatic heterocycles. The zero-order valence-electron chi connectivity index (χ0n) is 13.5. The summed E-state index contributed by atoms with van der Waals surface area (Å²) in [5.74, 6) is -0.392. The molecule has 0 radical (unpaired) electrons. The Hall–Kier alpha value is -1.76. The summed E-state index contributed by atoms with van der Waals surface area (Å²) >= 11 is 0. The summed E-state index contributed by atoms with van der Waals surface area (Å²) in [6.07, 6.45) is 2.90. The standard InChI is InChI=1S/C13H21N5O6S/c14-12(15-11(19)8-16-5-1-2-6-16)10-4-3-9-7-17(10)13(20)18(9)24-25(21,22)23/h9-10H,1-8H2,(H2,14,15,19)(H,21,22,23)/t9-,10-/m1/s1. The Labute approximate surface area is 145 Å². The van der Waals surface area contributed by atoms with Gasteiger partial charge in [-0.1, -0.05) is 0 Å². The zero-order valence-corrected chi connectivity index (χ0v) is 14.4. The number of fused-ring (bicyclic) bond motifs is 2. The molecule has 3 saturated heterocycles. The van der Waals surface area contributed by atoms with E-state index >= 15 is 0 Å². The maximum Gasteiger partial charge on any atom is 0.418 e. The van der Waals surface area contributed by atoms with Crippen molar-refractivity contribution in [1.29, 1.82) is 5.41 Å². The minimum absolute atomic E-state index is 0.0929. The molecular weight excluding hydrogens is 354 g/mol. The van der Waals surface area contributed by atoms with Crippen LogP contribution in [-0.4, -0.2) is 83.9 Å². The van der Waals surface area contributed by atoms with E-state index in [9.17, 15) is 18.0 Å². The highest BCUT2D eigenvalue weighted by molar-refractivity contribution is 7.80. The van der Waals surface area contributed by atoms with Gasteiger partial charge in [-0.15, -0.1) is 4.28 Å². The van der Waals surface area contributed by atoms with Crippen LogP contribution in [0.3, 0.4) is 0 Å². The Morgan fingerprint density at radius 1 is 1.32 bits per heavy atom. The van der Waals surface area contributed by atoms with Crippen LogP contribution in [0.1, 0.15) is 25.7 Å². The van der Waals surface area contributed by atoms with Gasteiger partial charge in [-0.2, -0.15) is 13.5 Å². The molecule has 3 amide bonds. The SMILES string of the molecule is N=C(NC(=O)CN1CCCC1)[C@H]1CC[C@@H]2CN1C(=O)N2OS(=O)(=O)O. The van der Waals surface area contributed by atoms with Gasteiger partial charge in [-0.3, -0.25) is 19.7 Å². The van der Waals surface area contributed by atoms with Crippen molar-refractivity contribution in [2.75, 3.05) is 26.2 Å². The lowest BCUT2D eigenvalue weighted by Crippen LogP contribution is -2.52. The van der Waals surface area contributed by atoms with E-state index in [2.05, 4.69) is 9.60 Å². The summed E-state index contributed by atoms with van der Waals surface area (Å²) in [7, 11) is -4.80. The van der Waals surface area contributed by atoms with Crippen molar-refractivity contribution in [1.82, 2.24) is 20.2 Å². The van der Waals surface area contributed by atoms with Crippen LogP contribution in [0.25, 0.3) is 0 Å². The van der Waals surface area contributed by atoms with Crippen LogP contribution in [0.4, 0.5) is 4.79 Å². The Kier molecular flexibility index (Phi) is 4.95. The number of hydrogen-bond acceptors (Lipinski definition) is 7. The zero-order chi connectivity index (χ0) is 18.2. The van der Waals surface area contributed by atoms with Crippen molar-refractivity contribution >= 4 is 28.2 Å². The van der Waals surface area contributed by atoms with Gasteiger partial charge in [0.1, 0.15) is 5.84 Å². The molecule has 0 aromatic heterocycles. The molecule has 12 heteroatoms. The van der Waals surface area contributed by atoms with Crippen molar-refractivity contribution < 1.29 is 26.8 Å². The second-order valence-corrected chi connectivity index (χ2v) is 7.46. The molecule has 3 heterocycles. The van der Waals surface area contributed by atoms with Crippen molar-refractivity contribution in [3.63, 3.8) is 0 Å². The maximum atomic E-state index is 12.3. The second-order valence-electron chi connectivity index (χ2n) is 6.46. The molecule has 3 N–H and O–H groups in total. The minimum atomic E-state index is -4.80. The van der Waals surface area contributed by atoms with Gasteiger partial charge in [0.05, 0.1) is 18.6 Å². The number of nitrogens with one attached hydrogen (secondary N) is 2. The molecule has 3 aliphatic rings. The molecule has 140 valence electrons. The first kappa shape index (κ1) is 18.0. The van der Waals surface area contributed by atoms with E-state index in [1.54, 1.807) is 0 Å². The van der Waals surface area contributed by atoms with Crippen LogP contribution in [0, 0.1) is 5.41 Å². The molecule has 11 nitrogen and oxygen atoms in total. The van der Waals surface area contributed by atoms with E-state index < -0.39 is 28.5 Å². The molecule has 0 saturated carbocycles. The number of urea groups is 1. The molecule has 3 rings (SSSR count). The van der Waals surface area contributed by atoms with Crippen molar-refractivity contribution in [3.05, 3.63) is 0 Å². The lowest BCUT2D eigenvalue weighted by Gasteiger charge is -2.30. The van der Waals surface area contributed by atoms with Crippen LogP contribution in [0.15, 0.2) is 0 Å². The van der Waals surface area contributed by atoms with Gasteiger partial charge in [0.15, 0.2) is 0 Å². The number of hydrogen-bond donors (Lipinski definition) is 3. The normalized spacial score (nSPS) is 27.0. The maximum absolute atomic E-state index is 12.3. The fourth-order valence-corrected chi connectivity index (χ4v) is 3.94. The van der Waals surface area contributed by atoms with E-state index in [-0.39, 0.29) is 24.8 Å². The summed E-state index contributed by atoms with van der Waals surface area (Å²) in [6, 6.07) is -1.91. The lowest BCUT2D eigenvalue weighted by atomic mass is 10.00. The topological polar surface area (TPSA) is 143 Å². The number of carbonyl (C=O) groups is 2. The summed E-state index contributed by atoms with van der Waals surface area (Å²) in [5.41, 5.74) is 0. The van der Waals surface area contributed by atoms with Crippen LogP contribution in [0.5, 0.6) is 0 Å². The van der Waals surface area contributed by atoms with E-state index in [0.29, 0.717) is 17.9 Å². The highest BCUT2D eigenvalue weighted by Crippen LogP contribution is 2.30. The number of likely N-dealkylation sites (tertiary alicyclic amines) is 1. The summed E-state index contributed by atoms with van der Waals surface area (Å²) in [6.45, 7) is 2.10. The molecule has 2 bridgehead atoms. The molecular formula is C13H21N5O6S. The average Bonchev–Trinajstić information content (AvgIpc) is 3.09. The quantitative estimate of drug-likeness (QED) is 0.323. The Balaban J connectivity index is 1.59. The lowest BCUT2D eigenvalue weighted by molar-refractivity contribution is -0.120. The van der Waals surface area contributed by atoms with Crippen LogP contribution >= 0.6 is 0 Å². The predicted octanol–water partition coefficient (Wildman–Crippen LogP) is -0.821. The number of hydroxylamine groups is 2. The molecule has 2 atom stereocenters. The average molecular weight is 375 g/mol. The Morgan fingerprint density at radius 2 is 2.00 bits per heavy atom. The highest BCUT2D eigenvalue weighted by atomic mass is 32.3. The van der Waals surface area contributed by atoms with Crippen LogP contribution in [-0.2, 0) is 19.5 Å². The van der Waals surface area contributed by atoms with Gasteiger partial charge in [0.25, 0.3) is 0 Å². The van der Waals surface area contributed by atoms with E-state index in [0.717, 1.165) is 25.9 Å². The van der Waals surface area contributed by atoms with Gasteiger partial charge in [0, 0.05) is 6.54 Å². The van der Waals surface area contributed by atoms with E-state index in [4.69, 9.17) is 9.96 Å².